The van der Waals surface area contributed by atoms with Gasteiger partial charge in [-0.3, -0.25) is 4.72 Å². The second-order valence-electron chi connectivity index (χ2n) is 4.12. The third-order valence-electron chi connectivity index (χ3n) is 2.14. The number of halogens is 3. The molecule has 4 nitrogen and oxygen atoms in total. The van der Waals surface area contributed by atoms with Crippen LogP contribution in [0.4, 0.5) is 18.9 Å². The van der Waals surface area contributed by atoms with Crippen molar-refractivity contribution in [2.24, 2.45) is 0 Å². The van der Waals surface area contributed by atoms with Gasteiger partial charge in [0.2, 0.25) is 10.0 Å². The monoisotopic (exact) mass is 297 g/mol. The molecule has 0 bridgehead atoms. The molecule has 0 heterocycles. The molecule has 0 aliphatic rings. The Morgan fingerprint density at radius 3 is 2.16 bits per heavy atom. The number of hydrogen-bond acceptors (Lipinski definition) is 3. The number of rotatable bonds is 5. The minimum Gasteiger partial charge on any atom is -0.484 e. The lowest BCUT2D eigenvalue weighted by Gasteiger charge is -2.12. The second-order valence-corrected chi connectivity index (χ2v) is 6.36. The molecule has 1 aromatic carbocycles. The van der Waals surface area contributed by atoms with Gasteiger partial charge in [-0.2, -0.15) is 13.2 Å². The molecule has 0 saturated heterocycles. The first-order valence-corrected chi connectivity index (χ1v) is 6.96. The van der Waals surface area contributed by atoms with E-state index >= 15 is 0 Å². The van der Waals surface area contributed by atoms with Crippen LogP contribution in [0.15, 0.2) is 24.3 Å². The van der Waals surface area contributed by atoms with E-state index in [0.29, 0.717) is 0 Å². The van der Waals surface area contributed by atoms with Crippen LogP contribution in [-0.2, 0) is 10.0 Å². The Morgan fingerprint density at radius 1 is 1.21 bits per heavy atom. The smallest absolute Gasteiger partial charge is 0.422 e. The Hall–Kier alpha value is -1.44. The van der Waals surface area contributed by atoms with Gasteiger partial charge in [-0.05, 0) is 38.1 Å². The standard InChI is InChI=1S/C11H14F3NO3S/c1-8(2)19(16,17)15-9-3-5-10(6-4-9)18-7-11(12,13)14/h3-6,8,15H,7H2,1-2H3. The van der Waals surface area contributed by atoms with Gasteiger partial charge in [0.1, 0.15) is 5.75 Å². The van der Waals surface area contributed by atoms with Crippen molar-refractivity contribution in [2.45, 2.75) is 25.3 Å². The van der Waals surface area contributed by atoms with Gasteiger partial charge in [0.15, 0.2) is 6.61 Å². The van der Waals surface area contributed by atoms with Gasteiger partial charge in [0, 0.05) is 5.69 Å². The fraction of sp³-hybridized carbons (Fsp3) is 0.455. The van der Waals surface area contributed by atoms with Crippen molar-refractivity contribution in [3.63, 3.8) is 0 Å². The van der Waals surface area contributed by atoms with Crippen molar-refractivity contribution >= 4 is 15.7 Å². The molecule has 0 aliphatic carbocycles. The Bertz CT molecular complexity index is 509. The lowest BCUT2D eigenvalue weighted by Crippen LogP contribution is -2.22. The highest BCUT2D eigenvalue weighted by molar-refractivity contribution is 7.93. The highest BCUT2D eigenvalue weighted by Crippen LogP contribution is 2.21. The van der Waals surface area contributed by atoms with E-state index in [-0.39, 0.29) is 11.4 Å². The summed E-state index contributed by atoms with van der Waals surface area (Å²) in [6.45, 7) is 1.65. The summed E-state index contributed by atoms with van der Waals surface area (Å²) in [5.41, 5.74) is 0.271. The van der Waals surface area contributed by atoms with Crippen molar-refractivity contribution < 1.29 is 26.3 Å². The van der Waals surface area contributed by atoms with E-state index in [2.05, 4.69) is 9.46 Å². The number of ether oxygens (including phenoxy) is 1. The third kappa shape index (κ3) is 5.37. The molecule has 0 fully saturated rings. The first-order chi connectivity index (χ1) is 8.60. The number of benzene rings is 1. The van der Waals surface area contributed by atoms with Crippen LogP contribution in [0.1, 0.15) is 13.8 Å². The van der Waals surface area contributed by atoms with Crippen LogP contribution in [0.3, 0.4) is 0 Å². The maximum atomic E-state index is 11.9. The average Bonchev–Trinajstić information content (AvgIpc) is 2.26. The molecular weight excluding hydrogens is 283 g/mol. The third-order valence-corrected chi connectivity index (χ3v) is 3.90. The molecule has 0 amide bonds. The van der Waals surface area contributed by atoms with E-state index in [0.717, 1.165) is 0 Å². The van der Waals surface area contributed by atoms with Crippen LogP contribution in [0.2, 0.25) is 0 Å². The molecule has 1 rings (SSSR count). The Labute approximate surface area is 109 Å². The van der Waals surface area contributed by atoms with Gasteiger partial charge in [0.25, 0.3) is 0 Å². The maximum absolute atomic E-state index is 11.9. The van der Waals surface area contributed by atoms with Gasteiger partial charge >= 0.3 is 6.18 Å². The molecule has 0 saturated carbocycles. The summed E-state index contributed by atoms with van der Waals surface area (Å²) in [7, 11) is -3.47. The lowest BCUT2D eigenvalue weighted by atomic mass is 10.3. The van der Waals surface area contributed by atoms with Crippen molar-refractivity contribution in [3.05, 3.63) is 24.3 Å². The van der Waals surface area contributed by atoms with Crippen molar-refractivity contribution in [1.82, 2.24) is 0 Å². The van der Waals surface area contributed by atoms with Crippen LogP contribution in [0, 0.1) is 0 Å². The maximum Gasteiger partial charge on any atom is 0.422 e. The zero-order valence-corrected chi connectivity index (χ0v) is 11.2. The Kier molecular flexibility index (Phi) is 4.67. The van der Waals surface area contributed by atoms with Crippen LogP contribution in [-0.4, -0.2) is 26.5 Å². The molecule has 8 heteroatoms. The summed E-state index contributed by atoms with van der Waals surface area (Å²) in [4.78, 5) is 0. The molecule has 19 heavy (non-hydrogen) atoms. The van der Waals surface area contributed by atoms with E-state index < -0.39 is 28.1 Å². The summed E-state index contributed by atoms with van der Waals surface area (Å²) >= 11 is 0. The SMILES string of the molecule is CC(C)S(=O)(=O)Nc1ccc(OCC(F)(F)F)cc1. The summed E-state index contributed by atoms with van der Waals surface area (Å²) in [5.74, 6) is 0.0184. The molecule has 0 atom stereocenters. The zero-order chi connectivity index (χ0) is 14.7. The molecule has 0 aromatic heterocycles. The van der Waals surface area contributed by atoms with Crippen molar-refractivity contribution in [3.8, 4) is 5.75 Å². The van der Waals surface area contributed by atoms with E-state index in [1.54, 1.807) is 0 Å². The van der Waals surface area contributed by atoms with Gasteiger partial charge in [-0.25, -0.2) is 8.42 Å². The van der Waals surface area contributed by atoms with Crippen LogP contribution < -0.4 is 9.46 Å². The second kappa shape index (κ2) is 5.68. The molecule has 0 radical (unpaired) electrons. The molecule has 0 unspecified atom stereocenters. The summed E-state index contributed by atoms with van der Waals surface area (Å²) < 4.78 is 65.7. The number of sulfonamides is 1. The largest absolute Gasteiger partial charge is 0.484 e. The molecule has 1 aromatic rings. The fourth-order valence-electron chi connectivity index (χ4n) is 1.07. The lowest BCUT2D eigenvalue weighted by molar-refractivity contribution is -0.153. The fourth-order valence-corrected chi connectivity index (χ4v) is 1.77. The number of hydrogen-bond donors (Lipinski definition) is 1. The minimum absolute atomic E-state index is 0.0184. The molecular formula is C11H14F3NO3S. The quantitative estimate of drug-likeness (QED) is 0.909. The average molecular weight is 297 g/mol. The Morgan fingerprint density at radius 2 is 1.74 bits per heavy atom. The van der Waals surface area contributed by atoms with E-state index in [1.807, 2.05) is 0 Å². The number of anilines is 1. The predicted octanol–water partition coefficient (Wildman–Crippen LogP) is 2.78. The van der Waals surface area contributed by atoms with Crippen LogP contribution in [0.25, 0.3) is 0 Å². The highest BCUT2D eigenvalue weighted by Gasteiger charge is 2.28. The van der Waals surface area contributed by atoms with Gasteiger partial charge in [-0.1, -0.05) is 0 Å². The summed E-state index contributed by atoms with van der Waals surface area (Å²) in [5, 5.41) is -0.603. The van der Waals surface area contributed by atoms with E-state index in [1.165, 1.54) is 38.1 Å². The topological polar surface area (TPSA) is 55.4 Å². The molecule has 0 aliphatic heterocycles. The van der Waals surface area contributed by atoms with Crippen molar-refractivity contribution in [1.29, 1.82) is 0 Å². The normalized spacial score (nSPS) is 12.5. The highest BCUT2D eigenvalue weighted by atomic mass is 32.2. The van der Waals surface area contributed by atoms with Crippen LogP contribution >= 0.6 is 0 Å². The van der Waals surface area contributed by atoms with Crippen LogP contribution in [0.5, 0.6) is 5.75 Å². The van der Waals surface area contributed by atoms with Gasteiger partial charge in [0.05, 0.1) is 5.25 Å². The summed E-state index contributed by atoms with van der Waals surface area (Å²) in [6.07, 6.45) is -4.40. The van der Waals surface area contributed by atoms with Crippen molar-refractivity contribution in [2.75, 3.05) is 11.3 Å². The summed E-state index contributed by atoms with van der Waals surface area (Å²) in [6, 6.07) is 5.21. The predicted molar refractivity (Wildman–Crippen MR) is 65.7 cm³/mol. The number of nitrogens with one attached hydrogen (secondary N) is 1. The first kappa shape index (κ1) is 15.6. The Balaban J connectivity index is 2.67. The minimum atomic E-state index is -4.40. The zero-order valence-electron chi connectivity index (χ0n) is 10.4. The van der Waals surface area contributed by atoms with E-state index in [9.17, 15) is 21.6 Å². The molecule has 108 valence electrons. The molecule has 1 N–H and O–H groups in total. The first-order valence-electron chi connectivity index (χ1n) is 5.41. The molecule has 0 spiro atoms. The van der Waals surface area contributed by atoms with E-state index in [4.69, 9.17) is 0 Å². The van der Waals surface area contributed by atoms with Gasteiger partial charge < -0.3 is 4.74 Å². The van der Waals surface area contributed by atoms with Gasteiger partial charge in [-0.15, -0.1) is 0 Å². The number of alkyl halides is 3.